The molecule has 0 saturated heterocycles. The number of ether oxygens (including phenoxy) is 1. The number of aryl methyl sites for hydroxylation is 1. The maximum atomic E-state index is 11.0. The number of carboxylic acids is 1. The monoisotopic (exact) mass is 345 g/mol. The number of carboxylic acid groups (broad SMARTS) is 1. The second-order valence-electron chi connectivity index (χ2n) is 6.55. The molecule has 0 amide bonds. The van der Waals surface area contributed by atoms with Gasteiger partial charge in [0, 0.05) is 22.5 Å². The quantitative estimate of drug-likeness (QED) is 0.707. The molecular formula is C22H19NO3. The lowest BCUT2D eigenvalue weighted by Crippen LogP contribution is -2.08. The molecule has 4 nitrogen and oxygen atoms in total. The summed E-state index contributed by atoms with van der Waals surface area (Å²) in [5, 5.41) is 9.01. The third kappa shape index (κ3) is 2.80. The topological polar surface area (TPSA) is 62.3 Å². The first-order valence-electron chi connectivity index (χ1n) is 8.49. The van der Waals surface area contributed by atoms with Crippen molar-refractivity contribution < 1.29 is 14.6 Å². The zero-order valence-corrected chi connectivity index (χ0v) is 14.7. The molecule has 0 unspecified atom stereocenters. The molecule has 0 atom stereocenters. The van der Waals surface area contributed by atoms with E-state index in [4.69, 9.17) is 9.84 Å². The number of rotatable bonds is 3. The van der Waals surface area contributed by atoms with Crippen molar-refractivity contribution in [3.63, 3.8) is 0 Å². The van der Waals surface area contributed by atoms with E-state index in [9.17, 15) is 4.79 Å². The van der Waals surface area contributed by atoms with Crippen molar-refractivity contribution in [1.82, 2.24) is 4.98 Å². The van der Waals surface area contributed by atoms with Gasteiger partial charge in [-0.15, -0.1) is 0 Å². The third-order valence-electron chi connectivity index (χ3n) is 4.88. The molecule has 0 aliphatic carbocycles. The summed E-state index contributed by atoms with van der Waals surface area (Å²) in [6, 6.07) is 15.1. The predicted molar refractivity (Wildman–Crippen MR) is 102 cm³/mol. The number of H-pyrrole nitrogens is 1. The first-order valence-corrected chi connectivity index (χ1v) is 8.49. The maximum absolute atomic E-state index is 11.0. The van der Waals surface area contributed by atoms with E-state index in [2.05, 4.69) is 37.0 Å². The van der Waals surface area contributed by atoms with E-state index in [1.54, 1.807) is 12.1 Å². The smallest absolute Gasteiger partial charge is 0.335 e. The second-order valence-corrected chi connectivity index (χ2v) is 6.55. The summed E-state index contributed by atoms with van der Waals surface area (Å²) in [6.45, 7) is 4.70. The van der Waals surface area contributed by atoms with E-state index >= 15 is 0 Å². The molecule has 1 aliphatic heterocycles. The van der Waals surface area contributed by atoms with Crippen LogP contribution in [0.15, 0.2) is 48.5 Å². The highest BCUT2D eigenvalue weighted by Crippen LogP contribution is 2.35. The summed E-state index contributed by atoms with van der Waals surface area (Å²) in [4.78, 5) is 14.4. The molecule has 2 N–H and O–H groups in total. The molecule has 26 heavy (non-hydrogen) atoms. The average Bonchev–Trinajstić information content (AvgIpc) is 3.15. The van der Waals surface area contributed by atoms with E-state index in [1.165, 1.54) is 11.1 Å². The number of fused-ring (bicyclic) bond motifs is 1. The minimum atomic E-state index is -0.919. The van der Waals surface area contributed by atoms with Crippen LogP contribution in [0.4, 0.5) is 0 Å². The summed E-state index contributed by atoms with van der Waals surface area (Å²) >= 11 is 0. The van der Waals surface area contributed by atoms with Gasteiger partial charge in [-0.05, 0) is 60.9 Å². The summed E-state index contributed by atoms with van der Waals surface area (Å²) in [5.41, 5.74) is 7.79. The van der Waals surface area contributed by atoms with Crippen LogP contribution in [-0.4, -0.2) is 22.7 Å². The lowest BCUT2D eigenvalue weighted by molar-refractivity contribution is 0.0697. The van der Waals surface area contributed by atoms with Crippen LogP contribution in [0.1, 0.15) is 32.7 Å². The van der Waals surface area contributed by atoms with Crippen molar-refractivity contribution in [2.45, 2.75) is 13.8 Å². The molecule has 0 bridgehead atoms. The molecular weight excluding hydrogens is 326 g/mol. The second kappa shape index (κ2) is 6.23. The van der Waals surface area contributed by atoms with Crippen molar-refractivity contribution in [2.24, 2.45) is 0 Å². The van der Waals surface area contributed by atoms with Gasteiger partial charge in [0.1, 0.15) is 12.4 Å². The Kier molecular flexibility index (Phi) is 3.88. The molecule has 4 rings (SSSR count). The molecule has 130 valence electrons. The molecule has 1 aliphatic rings. The molecule has 4 heteroatoms. The van der Waals surface area contributed by atoms with E-state index in [-0.39, 0.29) is 5.56 Å². The van der Waals surface area contributed by atoms with Crippen LogP contribution in [0.3, 0.4) is 0 Å². The minimum Gasteiger partial charge on any atom is -0.488 e. The van der Waals surface area contributed by atoms with Gasteiger partial charge in [-0.3, -0.25) is 0 Å². The molecule has 0 radical (unpaired) electrons. The van der Waals surface area contributed by atoms with Crippen molar-refractivity contribution in [1.29, 1.82) is 0 Å². The fraction of sp³-hybridized carbons (Fsp3) is 0.136. The summed E-state index contributed by atoms with van der Waals surface area (Å²) < 4.78 is 6.01. The highest BCUT2D eigenvalue weighted by Gasteiger charge is 2.17. The van der Waals surface area contributed by atoms with Gasteiger partial charge < -0.3 is 14.8 Å². The van der Waals surface area contributed by atoms with Gasteiger partial charge in [0.05, 0.1) is 5.56 Å². The van der Waals surface area contributed by atoms with Crippen molar-refractivity contribution >= 4 is 17.6 Å². The van der Waals surface area contributed by atoms with Crippen molar-refractivity contribution in [3.05, 3.63) is 76.5 Å². The molecule has 0 fully saturated rings. The van der Waals surface area contributed by atoms with Gasteiger partial charge in [-0.1, -0.05) is 24.3 Å². The Bertz CT molecular complexity index is 1030. The number of carbonyl (C=O) groups is 1. The number of aromatic nitrogens is 1. The van der Waals surface area contributed by atoms with Crippen molar-refractivity contribution in [2.75, 3.05) is 6.61 Å². The van der Waals surface area contributed by atoms with E-state index in [1.807, 2.05) is 24.3 Å². The fourth-order valence-corrected chi connectivity index (χ4v) is 3.19. The van der Waals surface area contributed by atoms with Gasteiger partial charge in [0.25, 0.3) is 0 Å². The van der Waals surface area contributed by atoms with Gasteiger partial charge in [0.15, 0.2) is 0 Å². The SMILES string of the molecule is Cc1ccc2c(c1C)OCC(c1ccc(-c3ccc(C(=O)O)cc3)[nH]1)=C2. The normalized spacial score (nSPS) is 12.9. The summed E-state index contributed by atoms with van der Waals surface area (Å²) in [6.07, 6.45) is 2.16. The van der Waals surface area contributed by atoms with Crippen LogP contribution >= 0.6 is 0 Å². The molecule has 1 aromatic heterocycles. The molecule has 2 aromatic carbocycles. The zero-order chi connectivity index (χ0) is 18.3. The lowest BCUT2D eigenvalue weighted by Gasteiger charge is -2.20. The Balaban J connectivity index is 1.65. The Morgan fingerprint density at radius 2 is 1.73 bits per heavy atom. The van der Waals surface area contributed by atoms with E-state index in [0.29, 0.717) is 6.61 Å². The highest BCUT2D eigenvalue weighted by molar-refractivity contribution is 5.88. The Morgan fingerprint density at radius 1 is 1.00 bits per heavy atom. The van der Waals surface area contributed by atoms with Crippen LogP contribution in [0.5, 0.6) is 5.75 Å². The lowest BCUT2D eigenvalue weighted by atomic mass is 9.99. The molecule has 0 saturated carbocycles. The van der Waals surface area contributed by atoms with Crippen LogP contribution in [0.25, 0.3) is 22.9 Å². The van der Waals surface area contributed by atoms with Gasteiger partial charge in [-0.2, -0.15) is 0 Å². The van der Waals surface area contributed by atoms with E-state index < -0.39 is 5.97 Å². The Morgan fingerprint density at radius 3 is 2.46 bits per heavy atom. The van der Waals surface area contributed by atoms with E-state index in [0.717, 1.165) is 33.8 Å². The first kappa shape index (κ1) is 16.2. The summed E-state index contributed by atoms with van der Waals surface area (Å²) in [5.74, 6) is 0.0437. The number of benzene rings is 2. The van der Waals surface area contributed by atoms with Crippen LogP contribution in [0, 0.1) is 13.8 Å². The van der Waals surface area contributed by atoms with Crippen LogP contribution < -0.4 is 4.74 Å². The maximum Gasteiger partial charge on any atom is 0.335 e. The van der Waals surface area contributed by atoms with Gasteiger partial charge in [0.2, 0.25) is 0 Å². The summed E-state index contributed by atoms with van der Waals surface area (Å²) in [7, 11) is 0. The van der Waals surface area contributed by atoms with Crippen LogP contribution in [-0.2, 0) is 0 Å². The molecule has 3 aromatic rings. The van der Waals surface area contributed by atoms with Crippen LogP contribution in [0.2, 0.25) is 0 Å². The molecule has 2 heterocycles. The number of aromatic amines is 1. The number of hydrogen-bond acceptors (Lipinski definition) is 2. The standard InChI is InChI=1S/C22H19NO3/c1-13-3-4-17-11-18(12-26-21(17)14(13)2)20-10-9-19(23-20)15-5-7-16(8-6-15)22(24)25/h3-11,23H,12H2,1-2H3,(H,24,25). The zero-order valence-electron chi connectivity index (χ0n) is 14.7. The highest BCUT2D eigenvalue weighted by atomic mass is 16.5. The third-order valence-corrected chi connectivity index (χ3v) is 4.88. The largest absolute Gasteiger partial charge is 0.488 e. The minimum absolute atomic E-state index is 0.284. The Labute approximate surface area is 151 Å². The first-order chi connectivity index (χ1) is 12.5. The number of hydrogen-bond donors (Lipinski definition) is 2. The molecule has 0 spiro atoms. The Hall–Kier alpha value is -3.27. The average molecular weight is 345 g/mol. The van der Waals surface area contributed by atoms with Gasteiger partial charge in [-0.25, -0.2) is 4.79 Å². The van der Waals surface area contributed by atoms with Crippen molar-refractivity contribution in [3.8, 4) is 17.0 Å². The number of nitrogens with one attached hydrogen (secondary N) is 1. The fourth-order valence-electron chi connectivity index (χ4n) is 3.19. The van der Waals surface area contributed by atoms with Gasteiger partial charge >= 0.3 is 5.97 Å². The number of aromatic carboxylic acids is 1. The predicted octanol–water partition coefficient (Wildman–Crippen LogP) is 4.93.